The van der Waals surface area contributed by atoms with E-state index in [-0.39, 0.29) is 0 Å². The Labute approximate surface area is 170 Å². The molecule has 0 aliphatic carbocycles. The van der Waals surface area contributed by atoms with Gasteiger partial charge in [0.1, 0.15) is 12.1 Å². The van der Waals surface area contributed by atoms with Crippen molar-refractivity contribution in [1.82, 2.24) is 0 Å². The van der Waals surface area contributed by atoms with Crippen LogP contribution in [0.4, 0.5) is 0 Å². The maximum Gasteiger partial charge on any atom is 0.101 e. The van der Waals surface area contributed by atoms with Gasteiger partial charge in [-0.1, -0.05) is 36.4 Å². The molecule has 0 saturated carbocycles. The van der Waals surface area contributed by atoms with Gasteiger partial charge in [-0.25, -0.2) is 0 Å². The minimum absolute atomic E-state index is 0.451. The molecule has 0 aliphatic heterocycles. The summed E-state index contributed by atoms with van der Waals surface area (Å²) >= 11 is 3.33. The number of rotatable bonds is 2. The monoisotopic (exact) mass is 392 g/mol. The lowest BCUT2D eigenvalue weighted by Crippen LogP contribution is -1.92. The second-order valence-electron chi connectivity index (χ2n) is 6.45. The van der Waals surface area contributed by atoms with E-state index in [1.807, 2.05) is 35.0 Å². The van der Waals surface area contributed by atoms with Crippen molar-refractivity contribution < 1.29 is 0 Å². The van der Waals surface area contributed by atoms with Crippen LogP contribution in [0.2, 0.25) is 0 Å². The summed E-state index contributed by atoms with van der Waals surface area (Å²) in [5.74, 6) is 0. The van der Waals surface area contributed by atoms with Gasteiger partial charge in [-0.2, -0.15) is 10.5 Å². The summed E-state index contributed by atoms with van der Waals surface area (Å²) in [6.07, 6.45) is 0. The van der Waals surface area contributed by atoms with Crippen LogP contribution in [0.25, 0.3) is 42.4 Å². The van der Waals surface area contributed by atoms with E-state index in [0.29, 0.717) is 11.1 Å². The number of nitriles is 2. The van der Waals surface area contributed by atoms with E-state index in [2.05, 4.69) is 48.5 Å². The van der Waals surface area contributed by atoms with E-state index in [1.165, 1.54) is 0 Å². The van der Waals surface area contributed by atoms with Crippen molar-refractivity contribution in [2.45, 2.75) is 0 Å². The van der Waals surface area contributed by atoms with E-state index in [1.54, 1.807) is 22.7 Å². The molecule has 0 fully saturated rings. The molecule has 28 heavy (non-hydrogen) atoms. The number of hydrogen-bond acceptors (Lipinski definition) is 4. The highest BCUT2D eigenvalue weighted by Gasteiger charge is 2.16. The van der Waals surface area contributed by atoms with Crippen molar-refractivity contribution in [3.8, 4) is 33.0 Å². The summed E-state index contributed by atoms with van der Waals surface area (Å²) in [7, 11) is 0. The average Bonchev–Trinajstić information content (AvgIpc) is 3.46. The summed E-state index contributed by atoms with van der Waals surface area (Å²) < 4.78 is 0. The lowest BCUT2D eigenvalue weighted by Gasteiger charge is -2.12. The third-order valence-corrected chi connectivity index (χ3v) is 6.79. The van der Waals surface area contributed by atoms with Crippen molar-refractivity contribution in [3.63, 3.8) is 0 Å². The van der Waals surface area contributed by atoms with Crippen molar-refractivity contribution in [1.29, 1.82) is 10.5 Å². The highest BCUT2D eigenvalue weighted by molar-refractivity contribution is 7.13. The molecule has 5 rings (SSSR count). The van der Waals surface area contributed by atoms with Gasteiger partial charge in [-0.15, -0.1) is 22.7 Å². The zero-order chi connectivity index (χ0) is 19.1. The predicted octanol–water partition coefficient (Wildman–Crippen LogP) is 7.19. The highest BCUT2D eigenvalue weighted by atomic mass is 32.1. The first-order valence-corrected chi connectivity index (χ1v) is 10.5. The van der Waals surface area contributed by atoms with E-state index >= 15 is 0 Å². The zero-order valence-corrected chi connectivity index (χ0v) is 16.3. The fourth-order valence-corrected chi connectivity index (χ4v) is 5.11. The molecule has 2 nitrogen and oxygen atoms in total. The minimum Gasteiger partial charge on any atom is -0.192 e. The first-order chi connectivity index (χ1) is 13.8. The zero-order valence-electron chi connectivity index (χ0n) is 14.6. The standard InChI is InChI=1S/C24H12N2S2/c25-13-21-19-11-15(23-3-1-9-27-23)5-7-17(19)18-8-6-16(24-4-2-10-28-24)12-20(18)22(21)14-26/h1-12H. The largest absolute Gasteiger partial charge is 0.192 e. The van der Waals surface area contributed by atoms with Crippen molar-refractivity contribution in [2.24, 2.45) is 0 Å². The molecule has 3 aromatic carbocycles. The molecule has 0 bridgehead atoms. The molecular formula is C24H12N2S2. The van der Waals surface area contributed by atoms with Crippen molar-refractivity contribution >= 4 is 44.2 Å². The Morgan fingerprint density at radius 3 is 1.39 bits per heavy atom. The highest BCUT2D eigenvalue weighted by Crippen LogP contribution is 2.38. The Morgan fingerprint density at radius 2 is 1.04 bits per heavy atom. The third-order valence-electron chi connectivity index (χ3n) is 4.95. The quantitative estimate of drug-likeness (QED) is 0.298. The average molecular weight is 393 g/mol. The fourth-order valence-electron chi connectivity index (χ4n) is 3.67. The maximum absolute atomic E-state index is 9.89. The van der Waals surface area contributed by atoms with Crippen LogP contribution >= 0.6 is 22.7 Å². The molecule has 0 atom stereocenters. The lowest BCUT2D eigenvalue weighted by molar-refractivity contribution is 1.47. The van der Waals surface area contributed by atoms with Gasteiger partial charge in [-0.3, -0.25) is 0 Å². The second-order valence-corrected chi connectivity index (χ2v) is 8.34. The molecule has 5 aromatic rings. The predicted molar refractivity (Wildman–Crippen MR) is 118 cm³/mol. The van der Waals surface area contributed by atoms with E-state index in [0.717, 1.165) is 42.4 Å². The Bertz CT molecular complexity index is 1300. The number of fused-ring (bicyclic) bond motifs is 3. The Kier molecular flexibility index (Phi) is 3.95. The second kappa shape index (κ2) is 6.62. The molecule has 0 N–H and O–H groups in total. The van der Waals surface area contributed by atoms with Crippen LogP contribution in [0.15, 0.2) is 71.4 Å². The summed E-state index contributed by atoms with van der Waals surface area (Å²) in [6.45, 7) is 0. The topological polar surface area (TPSA) is 47.6 Å². The number of nitrogens with zero attached hydrogens (tertiary/aromatic N) is 2. The van der Waals surface area contributed by atoms with Gasteiger partial charge in [0.25, 0.3) is 0 Å². The lowest BCUT2D eigenvalue weighted by atomic mass is 9.90. The SMILES string of the molecule is N#Cc1c(C#N)c2cc(-c3cccs3)ccc2c2ccc(-c3cccs3)cc12. The fraction of sp³-hybridized carbons (Fsp3) is 0. The first-order valence-electron chi connectivity index (χ1n) is 8.71. The number of thiophene rings is 2. The Balaban J connectivity index is 1.88. The van der Waals surface area contributed by atoms with Gasteiger partial charge in [0.05, 0.1) is 11.1 Å². The van der Waals surface area contributed by atoms with Gasteiger partial charge < -0.3 is 0 Å². The van der Waals surface area contributed by atoms with Gasteiger partial charge in [-0.05, 0) is 56.9 Å². The van der Waals surface area contributed by atoms with Gasteiger partial charge in [0.15, 0.2) is 0 Å². The van der Waals surface area contributed by atoms with Crippen LogP contribution in [0.5, 0.6) is 0 Å². The number of hydrogen-bond donors (Lipinski definition) is 0. The van der Waals surface area contributed by atoms with Gasteiger partial charge in [0.2, 0.25) is 0 Å². The van der Waals surface area contributed by atoms with Gasteiger partial charge >= 0.3 is 0 Å². The smallest absolute Gasteiger partial charge is 0.101 e. The van der Waals surface area contributed by atoms with Crippen LogP contribution < -0.4 is 0 Å². The molecule has 0 spiro atoms. The summed E-state index contributed by atoms with van der Waals surface area (Å²) in [5.41, 5.74) is 3.04. The van der Waals surface area contributed by atoms with E-state index < -0.39 is 0 Å². The van der Waals surface area contributed by atoms with Crippen LogP contribution in [0.1, 0.15) is 11.1 Å². The maximum atomic E-state index is 9.89. The molecule has 2 aromatic heterocycles. The Morgan fingerprint density at radius 1 is 0.571 bits per heavy atom. The van der Waals surface area contributed by atoms with Gasteiger partial charge in [0, 0.05) is 20.5 Å². The van der Waals surface area contributed by atoms with Crippen molar-refractivity contribution in [3.05, 3.63) is 82.6 Å². The van der Waals surface area contributed by atoms with Crippen LogP contribution in [-0.4, -0.2) is 0 Å². The molecular weight excluding hydrogens is 380 g/mol. The van der Waals surface area contributed by atoms with Crippen molar-refractivity contribution in [2.75, 3.05) is 0 Å². The third kappa shape index (κ3) is 2.52. The van der Waals surface area contributed by atoms with Crippen LogP contribution in [0.3, 0.4) is 0 Å². The van der Waals surface area contributed by atoms with E-state index in [4.69, 9.17) is 0 Å². The minimum atomic E-state index is 0.451. The first kappa shape index (κ1) is 16.7. The summed E-state index contributed by atoms with van der Waals surface area (Å²) in [4.78, 5) is 2.30. The molecule has 0 saturated heterocycles. The molecule has 4 heteroatoms. The molecule has 0 radical (unpaired) electrons. The normalized spacial score (nSPS) is 10.8. The summed E-state index contributed by atoms with van der Waals surface area (Å²) in [5, 5.41) is 27.5. The van der Waals surface area contributed by atoms with Crippen LogP contribution in [-0.2, 0) is 0 Å². The number of benzene rings is 3. The molecule has 130 valence electrons. The molecule has 2 heterocycles. The molecule has 0 amide bonds. The van der Waals surface area contributed by atoms with Crippen LogP contribution in [0, 0.1) is 22.7 Å². The summed E-state index contributed by atoms with van der Waals surface area (Å²) in [6, 6.07) is 25.1. The Hall–Kier alpha value is -3.44. The van der Waals surface area contributed by atoms with E-state index in [9.17, 15) is 10.5 Å². The molecule has 0 aliphatic rings. The molecule has 0 unspecified atom stereocenters.